The Kier molecular flexibility index (Phi) is 1.12. The van der Waals surface area contributed by atoms with E-state index in [0.717, 1.165) is 0 Å². The Hall–Kier alpha value is -1.12. The fourth-order valence-electron chi connectivity index (χ4n) is 0.402. The highest BCUT2D eigenvalue weighted by atomic mass is 16.1. The number of H-pyrrole nitrogens is 1. The summed E-state index contributed by atoms with van der Waals surface area (Å²) < 4.78 is 0. The molecule has 0 aromatic carbocycles. The highest BCUT2D eigenvalue weighted by Gasteiger charge is 1.96. The van der Waals surface area contributed by atoms with E-state index in [9.17, 15) is 4.79 Å². The Bertz CT molecular complexity index is 178. The van der Waals surface area contributed by atoms with Crippen LogP contribution in [0, 0.1) is 6.20 Å². The summed E-state index contributed by atoms with van der Waals surface area (Å²) >= 11 is 0. The van der Waals surface area contributed by atoms with Crippen molar-refractivity contribution in [3.05, 3.63) is 18.0 Å². The molecular weight excluding hydrogens is 104 g/mol. The van der Waals surface area contributed by atoms with E-state index < -0.39 is 0 Å². The van der Waals surface area contributed by atoms with Crippen LogP contribution in [-0.2, 0) is 0 Å². The van der Waals surface area contributed by atoms with E-state index in [0.29, 0.717) is 5.69 Å². The summed E-state index contributed by atoms with van der Waals surface area (Å²) in [6, 6.07) is 1.52. The molecule has 1 radical (unpaired) electrons. The van der Waals surface area contributed by atoms with E-state index in [1.165, 1.54) is 13.0 Å². The zero-order chi connectivity index (χ0) is 5.98. The van der Waals surface area contributed by atoms with Gasteiger partial charge in [0, 0.05) is 6.92 Å². The van der Waals surface area contributed by atoms with E-state index in [1.54, 1.807) is 0 Å². The molecule has 0 unspecified atom stereocenters. The summed E-state index contributed by atoms with van der Waals surface area (Å²) in [6.45, 7) is 1.47. The monoisotopic (exact) mass is 109 g/mol. The first-order valence-electron chi connectivity index (χ1n) is 2.23. The van der Waals surface area contributed by atoms with Crippen molar-refractivity contribution in [2.24, 2.45) is 0 Å². The number of Topliss-reactive ketones (excluding diaryl/α,β-unsaturated/α-hetero) is 1. The molecule has 0 aliphatic rings. The van der Waals surface area contributed by atoms with E-state index >= 15 is 0 Å². The van der Waals surface area contributed by atoms with Crippen LogP contribution in [0.3, 0.4) is 0 Å². The lowest BCUT2D eigenvalue weighted by Crippen LogP contribution is -1.90. The quantitative estimate of drug-likeness (QED) is 0.531. The molecule has 1 heterocycles. The van der Waals surface area contributed by atoms with Gasteiger partial charge >= 0.3 is 0 Å². The number of hydrogen-bond donors (Lipinski definition) is 1. The molecular formula is C5H5N2O. The van der Waals surface area contributed by atoms with Crippen molar-refractivity contribution in [1.29, 1.82) is 0 Å². The molecule has 3 nitrogen and oxygen atoms in total. The molecule has 1 aromatic heterocycles. The number of hydrogen-bond acceptors (Lipinski definition) is 2. The summed E-state index contributed by atoms with van der Waals surface area (Å²) in [7, 11) is 0. The molecule has 0 atom stereocenters. The predicted molar refractivity (Wildman–Crippen MR) is 27.4 cm³/mol. The van der Waals surface area contributed by atoms with Crippen LogP contribution in [-0.4, -0.2) is 16.0 Å². The second-order valence-electron chi connectivity index (χ2n) is 1.47. The van der Waals surface area contributed by atoms with E-state index in [4.69, 9.17) is 0 Å². The fraction of sp³-hybridized carbons (Fsp3) is 0.200. The highest BCUT2D eigenvalue weighted by molar-refractivity contribution is 5.91. The average molecular weight is 109 g/mol. The molecule has 0 fully saturated rings. The molecule has 1 N–H and O–H groups in total. The molecule has 0 spiro atoms. The first-order chi connectivity index (χ1) is 3.80. The van der Waals surface area contributed by atoms with Gasteiger partial charge in [-0.3, -0.25) is 9.89 Å². The number of nitrogens with one attached hydrogen (secondary N) is 1. The molecule has 41 valence electrons. The first kappa shape index (κ1) is 5.03. The highest BCUT2D eigenvalue weighted by Crippen LogP contribution is 1.89. The zero-order valence-electron chi connectivity index (χ0n) is 4.43. The molecule has 0 aliphatic carbocycles. The SMILES string of the molecule is CC(=O)c1c[c]n[nH]1. The number of rotatable bonds is 1. The van der Waals surface area contributed by atoms with Crippen molar-refractivity contribution in [3.63, 3.8) is 0 Å². The summed E-state index contributed by atoms with van der Waals surface area (Å²) in [5.74, 6) is -0.0150. The Morgan fingerprint density at radius 1 is 2.00 bits per heavy atom. The molecule has 0 amide bonds. The third kappa shape index (κ3) is 0.753. The molecule has 0 aliphatic heterocycles. The summed E-state index contributed by atoms with van der Waals surface area (Å²) in [5, 5.41) is 5.95. The molecule has 3 heteroatoms. The number of aromatic amines is 1. The minimum atomic E-state index is -0.0150. The maximum atomic E-state index is 10.4. The van der Waals surface area contributed by atoms with Crippen molar-refractivity contribution in [3.8, 4) is 0 Å². The van der Waals surface area contributed by atoms with Crippen molar-refractivity contribution in [2.75, 3.05) is 0 Å². The van der Waals surface area contributed by atoms with Gasteiger partial charge in [-0.2, -0.15) is 5.10 Å². The summed E-state index contributed by atoms with van der Waals surface area (Å²) in [6.07, 6.45) is 2.48. The van der Waals surface area contributed by atoms with Crippen LogP contribution in [0.4, 0.5) is 0 Å². The third-order valence-corrected chi connectivity index (χ3v) is 0.829. The van der Waals surface area contributed by atoms with E-state index in [2.05, 4.69) is 16.4 Å². The topological polar surface area (TPSA) is 45.8 Å². The van der Waals surface area contributed by atoms with Gasteiger partial charge in [0.05, 0.1) is 0 Å². The van der Waals surface area contributed by atoms with Crippen molar-refractivity contribution in [1.82, 2.24) is 10.2 Å². The number of carbonyl (C=O) groups excluding carboxylic acids is 1. The minimum absolute atomic E-state index is 0.0150. The third-order valence-electron chi connectivity index (χ3n) is 0.829. The van der Waals surface area contributed by atoms with Crippen molar-refractivity contribution in [2.45, 2.75) is 6.92 Å². The van der Waals surface area contributed by atoms with Gasteiger partial charge in [0.1, 0.15) is 11.9 Å². The van der Waals surface area contributed by atoms with Gasteiger partial charge in [0.25, 0.3) is 0 Å². The maximum absolute atomic E-state index is 10.4. The summed E-state index contributed by atoms with van der Waals surface area (Å²) in [4.78, 5) is 10.4. The predicted octanol–water partition coefficient (Wildman–Crippen LogP) is 0.412. The lowest BCUT2D eigenvalue weighted by Gasteiger charge is -1.80. The second-order valence-corrected chi connectivity index (χ2v) is 1.47. The Morgan fingerprint density at radius 2 is 2.75 bits per heavy atom. The van der Waals surface area contributed by atoms with Gasteiger partial charge in [0.2, 0.25) is 0 Å². The van der Waals surface area contributed by atoms with Crippen LogP contribution in [0.1, 0.15) is 17.4 Å². The van der Waals surface area contributed by atoms with Crippen molar-refractivity contribution >= 4 is 5.78 Å². The zero-order valence-corrected chi connectivity index (χ0v) is 4.43. The first-order valence-corrected chi connectivity index (χ1v) is 2.23. The molecule has 8 heavy (non-hydrogen) atoms. The van der Waals surface area contributed by atoms with Gasteiger partial charge in [-0.05, 0) is 6.07 Å². The lowest BCUT2D eigenvalue weighted by molar-refractivity contribution is 0.101. The van der Waals surface area contributed by atoms with Gasteiger partial charge in [-0.1, -0.05) is 0 Å². The fourth-order valence-corrected chi connectivity index (χ4v) is 0.402. The van der Waals surface area contributed by atoms with Gasteiger partial charge in [-0.25, -0.2) is 0 Å². The molecule has 0 saturated carbocycles. The standard InChI is InChI=1S/C5H5N2O/c1-4(8)5-2-3-6-7-5/h2H,1H3,(H,6,7). The summed E-state index contributed by atoms with van der Waals surface area (Å²) in [5.41, 5.74) is 0.505. The lowest BCUT2D eigenvalue weighted by atomic mass is 10.3. The molecule has 1 aromatic rings. The molecule has 1 rings (SSSR count). The van der Waals surface area contributed by atoms with Crippen LogP contribution in [0.15, 0.2) is 6.07 Å². The largest absolute Gasteiger partial charge is 0.293 e. The van der Waals surface area contributed by atoms with Gasteiger partial charge in [-0.15, -0.1) is 0 Å². The second kappa shape index (κ2) is 1.78. The number of ketones is 1. The Labute approximate surface area is 46.7 Å². The van der Waals surface area contributed by atoms with Crippen LogP contribution < -0.4 is 0 Å². The van der Waals surface area contributed by atoms with Crippen LogP contribution in [0.2, 0.25) is 0 Å². The van der Waals surface area contributed by atoms with Crippen molar-refractivity contribution < 1.29 is 4.79 Å². The molecule has 0 bridgehead atoms. The van der Waals surface area contributed by atoms with Crippen LogP contribution in [0.5, 0.6) is 0 Å². The smallest absolute Gasteiger partial charge is 0.177 e. The van der Waals surface area contributed by atoms with E-state index in [1.807, 2.05) is 0 Å². The van der Waals surface area contributed by atoms with E-state index in [-0.39, 0.29) is 5.78 Å². The number of aromatic nitrogens is 2. The average Bonchev–Trinajstić information content (AvgIpc) is 2.12. The van der Waals surface area contributed by atoms with Gasteiger partial charge in [0.15, 0.2) is 5.78 Å². The van der Waals surface area contributed by atoms with Crippen LogP contribution in [0.25, 0.3) is 0 Å². The maximum Gasteiger partial charge on any atom is 0.177 e. The Morgan fingerprint density at radius 3 is 3.00 bits per heavy atom. The van der Waals surface area contributed by atoms with Gasteiger partial charge < -0.3 is 0 Å². The normalized spacial score (nSPS) is 9.12. The minimum Gasteiger partial charge on any atom is -0.293 e. The number of nitrogens with zero attached hydrogens (tertiary/aromatic N) is 1. The number of carbonyl (C=O) groups is 1. The molecule has 0 saturated heterocycles. The van der Waals surface area contributed by atoms with Crippen LogP contribution >= 0.6 is 0 Å². The Balaban J connectivity index is 2.93.